The van der Waals surface area contributed by atoms with E-state index in [0.29, 0.717) is 12.0 Å². The second kappa shape index (κ2) is 6.21. The zero-order valence-electron chi connectivity index (χ0n) is 11.5. The van der Waals surface area contributed by atoms with E-state index < -0.39 is 0 Å². The Kier molecular flexibility index (Phi) is 4.61. The first-order valence-electron chi connectivity index (χ1n) is 6.64. The highest BCUT2D eigenvalue weighted by Gasteiger charge is 2.21. The first-order valence-corrected chi connectivity index (χ1v) is 6.64. The Hall–Kier alpha value is -1.06. The number of rotatable bonds is 5. The lowest BCUT2D eigenvalue weighted by Gasteiger charge is -2.22. The van der Waals surface area contributed by atoms with E-state index >= 15 is 0 Å². The van der Waals surface area contributed by atoms with E-state index in [1.807, 2.05) is 13.1 Å². The van der Waals surface area contributed by atoms with Gasteiger partial charge in [0.15, 0.2) is 0 Å². The molecule has 1 saturated heterocycles. The number of hydrogen-bond donors (Lipinski definition) is 1. The van der Waals surface area contributed by atoms with Crippen molar-refractivity contribution in [2.45, 2.75) is 25.8 Å². The number of aryl methyl sites for hydroxylation is 1. The molecule has 1 aliphatic rings. The third-order valence-corrected chi connectivity index (χ3v) is 3.79. The van der Waals surface area contributed by atoms with Gasteiger partial charge in [0.1, 0.15) is 5.75 Å². The molecule has 0 spiro atoms. The minimum atomic E-state index is 0.405. The van der Waals surface area contributed by atoms with E-state index in [1.165, 1.54) is 17.5 Å². The Morgan fingerprint density at radius 3 is 2.89 bits per heavy atom. The quantitative estimate of drug-likeness (QED) is 0.870. The SMILES string of the molecule is CNC(CC1CCOC1)c1ccc(OC)cc1C. The van der Waals surface area contributed by atoms with Gasteiger partial charge in [0, 0.05) is 19.3 Å². The average Bonchev–Trinajstić information content (AvgIpc) is 2.89. The molecule has 0 aromatic heterocycles. The fourth-order valence-corrected chi connectivity index (χ4v) is 2.67. The van der Waals surface area contributed by atoms with E-state index in [-0.39, 0.29) is 0 Å². The molecule has 3 heteroatoms. The lowest BCUT2D eigenvalue weighted by molar-refractivity contribution is 0.181. The number of methoxy groups -OCH3 is 1. The second-order valence-electron chi connectivity index (χ2n) is 5.03. The molecular formula is C15H23NO2. The van der Waals surface area contributed by atoms with Gasteiger partial charge in [0.2, 0.25) is 0 Å². The second-order valence-corrected chi connectivity index (χ2v) is 5.03. The average molecular weight is 249 g/mol. The van der Waals surface area contributed by atoms with E-state index in [1.54, 1.807) is 7.11 Å². The fraction of sp³-hybridized carbons (Fsp3) is 0.600. The molecule has 2 unspecified atom stereocenters. The van der Waals surface area contributed by atoms with Crippen LogP contribution in [-0.2, 0) is 4.74 Å². The minimum absolute atomic E-state index is 0.405. The molecule has 0 amide bonds. The van der Waals surface area contributed by atoms with E-state index in [4.69, 9.17) is 9.47 Å². The van der Waals surface area contributed by atoms with Crippen molar-refractivity contribution < 1.29 is 9.47 Å². The molecule has 0 bridgehead atoms. The number of ether oxygens (including phenoxy) is 2. The van der Waals surface area contributed by atoms with Gasteiger partial charge >= 0.3 is 0 Å². The largest absolute Gasteiger partial charge is 0.497 e. The highest BCUT2D eigenvalue weighted by molar-refractivity contribution is 5.36. The van der Waals surface area contributed by atoms with Gasteiger partial charge in [-0.3, -0.25) is 0 Å². The van der Waals surface area contributed by atoms with Crippen LogP contribution < -0.4 is 10.1 Å². The van der Waals surface area contributed by atoms with Crippen LogP contribution in [0.1, 0.15) is 30.0 Å². The van der Waals surface area contributed by atoms with Crippen LogP contribution in [-0.4, -0.2) is 27.4 Å². The Labute approximate surface area is 109 Å². The lowest BCUT2D eigenvalue weighted by atomic mass is 9.92. The molecular weight excluding hydrogens is 226 g/mol. The monoisotopic (exact) mass is 249 g/mol. The van der Waals surface area contributed by atoms with Crippen molar-refractivity contribution in [1.29, 1.82) is 0 Å². The number of hydrogen-bond acceptors (Lipinski definition) is 3. The molecule has 18 heavy (non-hydrogen) atoms. The molecule has 2 atom stereocenters. The maximum absolute atomic E-state index is 5.46. The Bertz CT molecular complexity index is 386. The van der Waals surface area contributed by atoms with Gasteiger partial charge in [0.05, 0.1) is 7.11 Å². The zero-order valence-corrected chi connectivity index (χ0v) is 11.5. The van der Waals surface area contributed by atoms with Crippen LogP contribution in [0.25, 0.3) is 0 Å². The number of nitrogens with one attached hydrogen (secondary N) is 1. The first-order chi connectivity index (χ1) is 8.74. The molecule has 1 heterocycles. The van der Waals surface area contributed by atoms with Crippen LogP contribution >= 0.6 is 0 Å². The number of benzene rings is 1. The first kappa shape index (κ1) is 13.4. The summed E-state index contributed by atoms with van der Waals surface area (Å²) in [5.74, 6) is 1.61. The summed E-state index contributed by atoms with van der Waals surface area (Å²) < 4.78 is 10.7. The summed E-state index contributed by atoms with van der Waals surface area (Å²) in [6, 6.07) is 6.72. The normalized spacial score (nSPS) is 20.9. The molecule has 0 aliphatic carbocycles. The highest BCUT2D eigenvalue weighted by atomic mass is 16.5. The van der Waals surface area contributed by atoms with Crippen molar-refractivity contribution in [3.8, 4) is 5.75 Å². The van der Waals surface area contributed by atoms with Gasteiger partial charge < -0.3 is 14.8 Å². The van der Waals surface area contributed by atoms with Gasteiger partial charge in [0.25, 0.3) is 0 Å². The molecule has 0 radical (unpaired) electrons. The lowest BCUT2D eigenvalue weighted by Crippen LogP contribution is -2.21. The Morgan fingerprint density at radius 2 is 2.33 bits per heavy atom. The summed E-state index contributed by atoms with van der Waals surface area (Å²) in [4.78, 5) is 0. The maximum Gasteiger partial charge on any atom is 0.119 e. The molecule has 1 aromatic carbocycles. The summed E-state index contributed by atoms with van der Waals surface area (Å²) in [6.45, 7) is 3.98. The van der Waals surface area contributed by atoms with Gasteiger partial charge in [-0.25, -0.2) is 0 Å². The highest BCUT2D eigenvalue weighted by Crippen LogP contribution is 2.29. The molecule has 1 aliphatic heterocycles. The van der Waals surface area contributed by atoms with Gasteiger partial charge in [-0.15, -0.1) is 0 Å². The molecule has 3 nitrogen and oxygen atoms in total. The van der Waals surface area contributed by atoms with Crippen LogP contribution in [0.4, 0.5) is 0 Å². The van der Waals surface area contributed by atoms with E-state index in [0.717, 1.165) is 25.4 Å². The molecule has 2 rings (SSSR count). The third kappa shape index (κ3) is 3.03. The summed E-state index contributed by atoms with van der Waals surface area (Å²) in [5, 5.41) is 3.43. The minimum Gasteiger partial charge on any atom is -0.497 e. The molecule has 100 valence electrons. The van der Waals surface area contributed by atoms with E-state index in [9.17, 15) is 0 Å². The van der Waals surface area contributed by atoms with Crippen LogP contribution in [0.3, 0.4) is 0 Å². The van der Waals surface area contributed by atoms with Gasteiger partial charge in [-0.05, 0) is 56.0 Å². The summed E-state index contributed by atoms with van der Waals surface area (Å²) >= 11 is 0. The predicted molar refractivity (Wildman–Crippen MR) is 73.1 cm³/mol. The van der Waals surface area contributed by atoms with Gasteiger partial charge in [-0.1, -0.05) is 6.07 Å². The summed E-state index contributed by atoms with van der Waals surface area (Å²) in [5.41, 5.74) is 2.65. The summed E-state index contributed by atoms with van der Waals surface area (Å²) in [7, 11) is 3.74. The van der Waals surface area contributed by atoms with Crippen molar-refractivity contribution in [1.82, 2.24) is 5.32 Å². The topological polar surface area (TPSA) is 30.5 Å². The van der Waals surface area contributed by atoms with Crippen LogP contribution in [0.5, 0.6) is 5.75 Å². The Morgan fingerprint density at radius 1 is 1.50 bits per heavy atom. The zero-order chi connectivity index (χ0) is 13.0. The van der Waals surface area contributed by atoms with Gasteiger partial charge in [-0.2, -0.15) is 0 Å². The molecule has 0 saturated carbocycles. The van der Waals surface area contributed by atoms with Crippen molar-refractivity contribution in [2.24, 2.45) is 5.92 Å². The fourth-order valence-electron chi connectivity index (χ4n) is 2.67. The smallest absolute Gasteiger partial charge is 0.119 e. The van der Waals surface area contributed by atoms with Crippen LogP contribution in [0, 0.1) is 12.8 Å². The predicted octanol–water partition coefficient (Wildman–Crippen LogP) is 2.69. The van der Waals surface area contributed by atoms with E-state index in [2.05, 4.69) is 24.4 Å². The third-order valence-electron chi connectivity index (χ3n) is 3.79. The van der Waals surface area contributed by atoms with Crippen molar-refractivity contribution >= 4 is 0 Å². The summed E-state index contributed by atoms with van der Waals surface area (Å²) in [6.07, 6.45) is 2.33. The van der Waals surface area contributed by atoms with Crippen molar-refractivity contribution in [3.05, 3.63) is 29.3 Å². The van der Waals surface area contributed by atoms with Crippen LogP contribution in [0.15, 0.2) is 18.2 Å². The maximum atomic E-state index is 5.46. The molecule has 1 fully saturated rings. The van der Waals surface area contributed by atoms with Crippen molar-refractivity contribution in [2.75, 3.05) is 27.4 Å². The van der Waals surface area contributed by atoms with Crippen LogP contribution in [0.2, 0.25) is 0 Å². The van der Waals surface area contributed by atoms with Crippen molar-refractivity contribution in [3.63, 3.8) is 0 Å². The molecule has 1 N–H and O–H groups in total. The molecule has 1 aromatic rings. The Balaban J connectivity index is 2.10. The standard InChI is InChI=1S/C15H23NO2/c1-11-8-13(17-3)4-5-14(11)15(16-2)9-12-6-7-18-10-12/h4-5,8,12,15-16H,6-7,9-10H2,1-3H3.